The Balaban J connectivity index is 1.99. The van der Waals surface area contributed by atoms with E-state index < -0.39 is 21.3 Å². The molecule has 0 bridgehead atoms. The molecule has 1 aromatic carbocycles. The second-order valence-electron chi connectivity index (χ2n) is 5.99. The molecule has 25 heavy (non-hydrogen) atoms. The molecule has 3 rings (SSSR count). The minimum atomic E-state index is -3.48. The Bertz CT molecular complexity index is 706. The zero-order chi connectivity index (χ0) is 18.0. The molecule has 7 nitrogen and oxygen atoms in total. The predicted octanol–water partition coefficient (Wildman–Crippen LogP) is 1.37. The highest BCUT2D eigenvalue weighted by atomic mass is 32.2. The van der Waals surface area contributed by atoms with E-state index in [9.17, 15) is 8.42 Å². The Morgan fingerprint density at radius 1 is 1.20 bits per heavy atom. The second kappa shape index (κ2) is 7.71. The van der Waals surface area contributed by atoms with Gasteiger partial charge in [0.25, 0.3) is 0 Å². The summed E-state index contributed by atoms with van der Waals surface area (Å²) < 4.78 is 38.8. The van der Waals surface area contributed by atoms with Crippen LogP contribution in [0.15, 0.2) is 18.2 Å². The summed E-state index contributed by atoms with van der Waals surface area (Å²) >= 11 is 1.78. The van der Waals surface area contributed by atoms with E-state index in [4.69, 9.17) is 14.3 Å². The van der Waals surface area contributed by atoms with Crippen molar-refractivity contribution in [1.29, 1.82) is 0 Å². The van der Waals surface area contributed by atoms with E-state index in [1.807, 2.05) is 6.07 Å². The van der Waals surface area contributed by atoms with E-state index in [1.165, 1.54) is 0 Å². The van der Waals surface area contributed by atoms with Gasteiger partial charge < -0.3 is 9.47 Å². The zero-order valence-corrected chi connectivity index (χ0v) is 16.3. The van der Waals surface area contributed by atoms with Gasteiger partial charge in [0, 0.05) is 37.2 Å². The molecule has 140 valence electrons. The molecule has 0 saturated carbocycles. The van der Waals surface area contributed by atoms with Crippen LogP contribution in [-0.2, 0) is 14.9 Å². The summed E-state index contributed by atoms with van der Waals surface area (Å²) in [6.45, 7) is 1.23. The van der Waals surface area contributed by atoms with Crippen LogP contribution in [0.4, 0.5) is 0 Å². The molecule has 1 aromatic rings. The number of hydrogen-bond donors (Lipinski definition) is 0. The topological polar surface area (TPSA) is 68.3 Å². The molecule has 9 heteroatoms. The first-order chi connectivity index (χ1) is 12.0. The number of methoxy groups -OCH3 is 2. The average Bonchev–Trinajstić information content (AvgIpc) is 3.04. The molecule has 0 radical (unpaired) electrons. The van der Waals surface area contributed by atoms with Crippen molar-refractivity contribution in [2.45, 2.75) is 11.3 Å². The minimum absolute atomic E-state index is 0.132. The number of ether oxygens (including phenoxy) is 2. The molecule has 2 aliphatic rings. The Labute approximate surface area is 153 Å². The van der Waals surface area contributed by atoms with Crippen molar-refractivity contribution in [3.63, 3.8) is 0 Å². The Morgan fingerprint density at radius 3 is 2.56 bits per heavy atom. The van der Waals surface area contributed by atoms with Gasteiger partial charge in [0.2, 0.25) is 10.0 Å². The molecule has 0 N–H and O–H groups in total. The summed E-state index contributed by atoms with van der Waals surface area (Å²) in [4.78, 5) is 5.61. The molecular weight excluding hydrogens is 364 g/mol. The van der Waals surface area contributed by atoms with E-state index in [0.29, 0.717) is 24.6 Å². The predicted molar refractivity (Wildman–Crippen MR) is 97.6 cm³/mol. The van der Waals surface area contributed by atoms with Crippen molar-refractivity contribution in [3.8, 4) is 11.5 Å². The van der Waals surface area contributed by atoms with Gasteiger partial charge in [0.15, 0.2) is 0 Å². The van der Waals surface area contributed by atoms with E-state index in [-0.39, 0.29) is 6.61 Å². The molecule has 0 amide bonds. The second-order valence-corrected chi connectivity index (χ2v) is 9.37. The van der Waals surface area contributed by atoms with E-state index in [0.717, 1.165) is 17.1 Å². The molecule has 2 saturated heterocycles. The number of sulfonamides is 1. The smallest absolute Gasteiger partial charge is 0.221 e. The van der Waals surface area contributed by atoms with Crippen LogP contribution in [0.5, 0.6) is 11.5 Å². The van der Waals surface area contributed by atoms with Crippen LogP contribution in [0.3, 0.4) is 0 Å². The third-order valence-corrected chi connectivity index (χ3v) is 7.84. The number of benzene rings is 1. The van der Waals surface area contributed by atoms with Crippen LogP contribution in [0.1, 0.15) is 11.6 Å². The molecule has 0 aliphatic carbocycles. The highest BCUT2D eigenvalue weighted by Crippen LogP contribution is 2.40. The first-order valence-corrected chi connectivity index (χ1v) is 10.8. The summed E-state index contributed by atoms with van der Waals surface area (Å²) in [5.41, 5.74) is 0.752. The molecule has 0 unspecified atom stereocenters. The van der Waals surface area contributed by atoms with E-state index in [1.54, 1.807) is 54.5 Å². The first-order valence-electron chi connectivity index (χ1n) is 8.13. The fraction of sp³-hybridized carbons (Fsp3) is 0.625. The number of hydroxylamine groups is 2. The maximum atomic E-state index is 13.2. The van der Waals surface area contributed by atoms with E-state index >= 15 is 0 Å². The third-order valence-electron chi connectivity index (χ3n) is 4.65. The van der Waals surface area contributed by atoms with E-state index in [2.05, 4.69) is 0 Å². The molecule has 0 spiro atoms. The van der Waals surface area contributed by atoms with Gasteiger partial charge in [-0.2, -0.15) is 21.1 Å². The van der Waals surface area contributed by atoms with Gasteiger partial charge in [0.05, 0.1) is 26.9 Å². The lowest BCUT2D eigenvalue weighted by Crippen LogP contribution is -2.45. The Kier molecular flexibility index (Phi) is 5.79. The van der Waals surface area contributed by atoms with Gasteiger partial charge in [0.1, 0.15) is 16.7 Å². The van der Waals surface area contributed by atoms with Crippen LogP contribution in [0, 0.1) is 0 Å². The summed E-state index contributed by atoms with van der Waals surface area (Å²) in [6, 6.07) is 4.96. The van der Waals surface area contributed by atoms with Crippen LogP contribution in [0.25, 0.3) is 0 Å². The maximum absolute atomic E-state index is 13.2. The molecule has 2 aliphatic heterocycles. The van der Waals surface area contributed by atoms with Crippen LogP contribution >= 0.6 is 11.8 Å². The fourth-order valence-corrected chi connectivity index (χ4v) is 6.39. The van der Waals surface area contributed by atoms with Crippen LogP contribution in [0.2, 0.25) is 0 Å². The third kappa shape index (κ3) is 3.61. The van der Waals surface area contributed by atoms with Crippen molar-refractivity contribution in [2.24, 2.45) is 0 Å². The molecular formula is C16H24N2O5S2. The number of rotatable bonds is 5. The summed E-state index contributed by atoms with van der Waals surface area (Å²) in [5, 5.41) is 0.930. The first kappa shape index (κ1) is 18.8. The largest absolute Gasteiger partial charge is 0.497 e. The fourth-order valence-electron chi connectivity index (χ4n) is 3.30. The highest BCUT2D eigenvalue weighted by Gasteiger charge is 2.47. The average molecular weight is 389 g/mol. The summed E-state index contributed by atoms with van der Waals surface area (Å²) in [5.74, 6) is 2.94. The summed E-state index contributed by atoms with van der Waals surface area (Å²) in [7, 11) is 1.43. The lowest BCUT2D eigenvalue weighted by atomic mass is 10.0. The molecule has 0 aromatic heterocycles. The monoisotopic (exact) mass is 388 g/mol. The van der Waals surface area contributed by atoms with Crippen molar-refractivity contribution in [2.75, 3.05) is 52.5 Å². The Hall–Kier alpha value is -1.00. The standard InChI is InChI=1S/C16H24N2O5S2/c1-17-16(13-10-12(21-2)4-5-14(13)22-3)15(11-23-17)25(19,20)18-6-8-24-9-7-18/h4-5,10,15-16H,6-9,11H2,1-3H3/t15-,16-/m1/s1. The number of nitrogens with zero attached hydrogens (tertiary/aromatic N) is 2. The molecule has 2 fully saturated rings. The van der Waals surface area contributed by atoms with Crippen LogP contribution in [-0.4, -0.2) is 75.5 Å². The van der Waals surface area contributed by atoms with Crippen molar-refractivity contribution in [3.05, 3.63) is 23.8 Å². The van der Waals surface area contributed by atoms with Crippen molar-refractivity contribution < 1.29 is 22.7 Å². The molecule has 2 atom stereocenters. The SMILES string of the molecule is COc1ccc(OC)c([C@@H]2[C@H](S(=O)(=O)N3CCSCC3)CON2C)c1. The van der Waals surface area contributed by atoms with Gasteiger partial charge >= 0.3 is 0 Å². The van der Waals surface area contributed by atoms with Crippen LogP contribution < -0.4 is 9.47 Å². The normalized spacial score (nSPS) is 25.9. The van der Waals surface area contributed by atoms with Gasteiger partial charge in [-0.3, -0.25) is 4.84 Å². The van der Waals surface area contributed by atoms with Gasteiger partial charge in [-0.15, -0.1) is 0 Å². The number of thioether (sulfide) groups is 1. The minimum Gasteiger partial charge on any atom is -0.497 e. The lowest BCUT2D eigenvalue weighted by molar-refractivity contribution is -0.110. The quantitative estimate of drug-likeness (QED) is 0.755. The zero-order valence-electron chi connectivity index (χ0n) is 14.7. The number of hydrogen-bond acceptors (Lipinski definition) is 7. The lowest BCUT2D eigenvalue weighted by Gasteiger charge is -2.31. The van der Waals surface area contributed by atoms with Gasteiger partial charge in [-0.25, -0.2) is 8.42 Å². The van der Waals surface area contributed by atoms with Gasteiger partial charge in [-0.1, -0.05) is 0 Å². The van der Waals surface area contributed by atoms with Crippen molar-refractivity contribution >= 4 is 21.8 Å². The Morgan fingerprint density at radius 2 is 1.92 bits per heavy atom. The summed E-state index contributed by atoms with van der Waals surface area (Å²) in [6.07, 6.45) is 0. The molecule has 2 heterocycles. The maximum Gasteiger partial charge on any atom is 0.221 e. The highest BCUT2D eigenvalue weighted by molar-refractivity contribution is 7.99. The van der Waals surface area contributed by atoms with Gasteiger partial charge in [-0.05, 0) is 18.2 Å². The van der Waals surface area contributed by atoms with Crippen molar-refractivity contribution in [1.82, 2.24) is 9.37 Å².